The third-order valence-corrected chi connectivity index (χ3v) is 5.40. The zero-order valence-electron chi connectivity index (χ0n) is 16.3. The number of halogens is 1. The van der Waals surface area contributed by atoms with E-state index in [1.54, 1.807) is 65.2 Å². The van der Waals surface area contributed by atoms with Crippen molar-refractivity contribution in [1.29, 1.82) is 0 Å². The maximum atomic E-state index is 13.4. The van der Waals surface area contributed by atoms with Gasteiger partial charge in [0, 0.05) is 12.0 Å². The zero-order chi connectivity index (χ0) is 21.3. The molecule has 0 aliphatic rings. The fraction of sp³-hybridized carbons (Fsp3) is 0.125. The number of carbonyl (C=O) groups excluding carboxylic acids is 1. The van der Waals surface area contributed by atoms with Crippen molar-refractivity contribution in [3.63, 3.8) is 0 Å². The van der Waals surface area contributed by atoms with Gasteiger partial charge in [0.05, 0.1) is 28.2 Å². The number of benzene rings is 3. The van der Waals surface area contributed by atoms with Crippen molar-refractivity contribution in [3.8, 4) is 5.69 Å². The fourth-order valence-corrected chi connectivity index (χ4v) is 3.72. The van der Waals surface area contributed by atoms with Gasteiger partial charge in [-0.1, -0.05) is 67.1 Å². The number of fused-ring (bicyclic) bond motifs is 1. The Morgan fingerprint density at radius 1 is 0.900 bits per heavy atom. The van der Waals surface area contributed by atoms with E-state index in [2.05, 4.69) is 0 Å². The van der Waals surface area contributed by atoms with Crippen LogP contribution >= 0.6 is 11.6 Å². The standard InChI is InChI=1S/C24H19ClN2O3/c1-2-22(28)17-13-11-16(12-14-17)15-26-20-9-5-3-7-18(20)23(29)27(24(26)30)21-10-6-4-8-19(21)25/h3-14H,2,15H2,1H3. The number of ketones is 1. The molecule has 0 aliphatic heterocycles. The first-order chi connectivity index (χ1) is 14.5. The van der Waals surface area contributed by atoms with Crippen molar-refractivity contribution in [1.82, 2.24) is 9.13 Å². The van der Waals surface area contributed by atoms with Crippen molar-refractivity contribution in [3.05, 3.63) is 110 Å². The Labute approximate surface area is 177 Å². The minimum atomic E-state index is -0.472. The van der Waals surface area contributed by atoms with Gasteiger partial charge in [-0.05, 0) is 29.8 Å². The lowest BCUT2D eigenvalue weighted by Crippen LogP contribution is -2.39. The Morgan fingerprint density at radius 2 is 1.57 bits per heavy atom. The summed E-state index contributed by atoms with van der Waals surface area (Å²) >= 11 is 6.29. The first-order valence-electron chi connectivity index (χ1n) is 9.63. The average Bonchev–Trinajstić information content (AvgIpc) is 2.78. The van der Waals surface area contributed by atoms with E-state index >= 15 is 0 Å². The minimum Gasteiger partial charge on any atom is -0.294 e. The molecule has 0 atom stereocenters. The second-order valence-corrected chi connectivity index (χ2v) is 7.36. The van der Waals surface area contributed by atoms with Gasteiger partial charge in [-0.25, -0.2) is 9.36 Å². The third kappa shape index (κ3) is 3.48. The number of aromatic nitrogens is 2. The number of para-hydroxylation sites is 2. The topological polar surface area (TPSA) is 61.1 Å². The van der Waals surface area contributed by atoms with Crippen molar-refractivity contribution < 1.29 is 4.79 Å². The largest absolute Gasteiger partial charge is 0.336 e. The van der Waals surface area contributed by atoms with Gasteiger partial charge < -0.3 is 0 Å². The van der Waals surface area contributed by atoms with Gasteiger partial charge in [0.1, 0.15) is 0 Å². The third-order valence-electron chi connectivity index (χ3n) is 5.08. The molecular weight excluding hydrogens is 400 g/mol. The summed E-state index contributed by atoms with van der Waals surface area (Å²) in [6.07, 6.45) is 0.437. The van der Waals surface area contributed by atoms with Gasteiger partial charge in [-0.15, -0.1) is 0 Å². The second kappa shape index (κ2) is 8.13. The molecule has 150 valence electrons. The van der Waals surface area contributed by atoms with Crippen LogP contribution < -0.4 is 11.2 Å². The Balaban J connectivity index is 1.92. The maximum Gasteiger partial charge on any atom is 0.336 e. The fourth-order valence-electron chi connectivity index (χ4n) is 3.50. The average molecular weight is 419 g/mol. The van der Waals surface area contributed by atoms with Gasteiger partial charge in [0.2, 0.25) is 0 Å². The molecule has 30 heavy (non-hydrogen) atoms. The highest BCUT2D eigenvalue weighted by molar-refractivity contribution is 6.32. The summed E-state index contributed by atoms with van der Waals surface area (Å²) in [7, 11) is 0. The molecule has 4 aromatic rings. The summed E-state index contributed by atoms with van der Waals surface area (Å²) < 4.78 is 2.66. The van der Waals surface area contributed by atoms with E-state index in [1.165, 1.54) is 0 Å². The second-order valence-electron chi connectivity index (χ2n) is 6.95. The Morgan fingerprint density at radius 3 is 2.27 bits per heavy atom. The van der Waals surface area contributed by atoms with Crippen molar-refractivity contribution in [2.24, 2.45) is 0 Å². The van der Waals surface area contributed by atoms with Crippen LogP contribution in [0.4, 0.5) is 0 Å². The van der Waals surface area contributed by atoms with E-state index in [0.29, 0.717) is 33.6 Å². The van der Waals surface area contributed by atoms with E-state index in [-0.39, 0.29) is 12.3 Å². The highest BCUT2D eigenvalue weighted by atomic mass is 35.5. The number of hydrogen-bond acceptors (Lipinski definition) is 3. The number of carbonyl (C=O) groups is 1. The molecule has 0 spiro atoms. The molecular formula is C24H19ClN2O3. The van der Waals surface area contributed by atoms with Crippen LogP contribution in [0.1, 0.15) is 29.3 Å². The molecule has 0 aliphatic carbocycles. The van der Waals surface area contributed by atoms with Gasteiger partial charge in [0.15, 0.2) is 5.78 Å². The summed E-state index contributed by atoms with van der Waals surface area (Å²) in [6, 6.07) is 21.0. The van der Waals surface area contributed by atoms with Crippen LogP contribution in [-0.2, 0) is 6.54 Å². The molecule has 1 aromatic heterocycles. The lowest BCUT2D eigenvalue weighted by molar-refractivity contribution is 0.0988. The molecule has 5 nitrogen and oxygen atoms in total. The zero-order valence-corrected chi connectivity index (χ0v) is 17.1. The normalized spacial score (nSPS) is 11.0. The summed E-state index contributed by atoms with van der Waals surface area (Å²) in [4.78, 5) is 38.4. The molecule has 0 N–H and O–H groups in total. The predicted octanol–water partition coefficient (Wildman–Crippen LogP) is 4.45. The van der Waals surface area contributed by atoms with E-state index in [1.807, 2.05) is 19.1 Å². The monoisotopic (exact) mass is 418 g/mol. The Kier molecular flexibility index (Phi) is 5.38. The van der Waals surface area contributed by atoms with Gasteiger partial charge in [-0.2, -0.15) is 0 Å². The van der Waals surface area contributed by atoms with Gasteiger partial charge >= 0.3 is 5.69 Å². The summed E-state index contributed by atoms with van der Waals surface area (Å²) in [5, 5.41) is 0.746. The van der Waals surface area contributed by atoms with Crippen molar-refractivity contribution >= 4 is 28.3 Å². The highest BCUT2D eigenvalue weighted by Gasteiger charge is 2.16. The predicted molar refractivity (Wildman–Crippen MR) is 119 cm³/mol. The lowest BCUT2D eigenvalue weighted by atomic mass is 10.1. The summed E-state index contributed by atoms with van der Waals surface area (Å²) in [5.74, 6) is 0.0661. The van der Waals surface area contributed by atoms with Gasteiger partial charge in [-0.3, -0.25) is 14.2 Å². The Bertz CT molecular complexity index is 1370. The molecule has 4 rings (SSSR count). The van der Waals surface area contributed by atoms with Crippen LogP contribution in [0.3, 0.4) is 0 Å². The van der Waals surface area contributed by atoms with Crippen LogP contribution in [0.5, 0.6) is 0 Å². The number of rotatable bonds is 5. The number of nitrogens with zero attached hydrogens (tertiary/aromatic N) is 2. The minimum absolute atomic E-state index is 0.0661. The van der Waals surface area contributed by atoms with Crippen molar-refractivity contribution in [2.75, 3.05) is 0 Å². The number of Topliss-reactive ketones (excluding diaryl/α,β-unsaturated/α-hetero) is 1. The molecule has 3 aromatic carbocycles. The molecule has 1 heterocycles. The molecule has 0 bridgehead atoms. The molecule has 6 heteroatoms. The van der Waals surface area contributed by atoms with E-state index < -0.39 is 11.2 Å². The summed E-state index contributed by atoms with van der Waals surface area (Å²) in [6.45, 7) is 2.07. The molecule has 0 fully saturated rings. The maximum absolute atomic E-state index is 13.4. The molecule has 0 amide bonds. The van der Waals surface area contributed by atoms with Gasteiger partial charge in [0.25, 0.3) is 5.56 Å². The van der Waals surface area contributed by atoms with Crippen LogP contribution in [0.15, 0.2) is 82.4 Å². The highest BCUT2D eigenvalue weighted by Crippen LogP contribution is 2.19. The van der Waals surface area contributed by atoms with Crippen molar-refractivity contribution in [2.45, 2.75) is 19.9 Å². The van der Waals surface area contributed by atoms with E-state index in [9.17, 15) is 14.4 Å². The van der Waals surface area contributed by atoms with E-state index in [4.69, 9.17) is 11.6 Å². The molecule has 0 saturated carbocycles. The number of hydrogen-bond donors (Lipinski definition) is 0. The molecule has 0 radical (unpaired) electrons. The van der Waals surface area contributed by atoms with Crippen LogP contribution in [0.25, 0.3) is 16.6 Å². The lowest BCUT2D eigenvalue weighted by Gasteiger charge is -2.15. The molecule has 0 unspecified atom stereocenters. The molecule has 0 saturated heterocycles. The SMILES string of the molecule is CCC(=O)c1ccc(Cn2c(=O)n(-c3ccccc3Cl)c(=O)c3ccccc32)cc1. The first kappa shape index (κ1) is 19.9. The van der Waals surface area contributed by atoms with Crippen LogP contribution in [0.2, 0.25) is 5.02 Å². The summed E-state index contributed by atoms with van der Waals surface area (Å²) in [5.41, 5.74) is 1.49. The quantitative estimate of drug-likeness (QED) is 0.450. The van der Waals surface area contributed by atoms with Crippen LogP contribution in [-0.4, -0.2) is 14.9 Å². The smallest absolute Gasteiger partial charge is 0.294 e. The first-order valence-corrected chi connectivity index (χ1v) is 10.0. The van der Waals surface area contributed by atoms with E-state index in [0.717, 1.165) is 10.1 Å². The Hall–Kier alpha value is -3.44. The van der Waals surface area contributed by atoms with Crippen LogP contribution in [0, 0.1) is 0 Å².